The lowest BCUT2D eigenvalue weighted by Crippen LogP contribution is -2.43. The van der Waals surface area contributed by atoms with E-state index in [0.717, 1.165) is 15.2 Å². The van der Waals surface area contributed by atoms with Crippen molar-refractivity contribution in [1.29, 1.82) is 0 Å². The molecular formula is C23H28N4O3S. The summed E-state index contributed by atoms with van der Waals surface area (Å²) in [6.07, 6.45) is 3.04. The number of pyridine rings is 1. The molecule has 2 aromatic heterocycles. The van der Waals surface area contributed by atoms with Gasteiger partial charge in [0.15, 0.2) is 0 Å². The highest BCUT2D eigenvalue weighted by atomic mass is 32.1. The number of amides is 2. The molecule has 164 valence electrons. The number of para-hydroxylation sites is 1. The molecule has 31 heavy (non-hydrogen) atoms. The molecule has 0 spiro atoms. The lowest BCUT2D eigenvalue weighted by atomic mass is 10.1. The van der Waals surface area contributed by atoms with Crippen molar-refractivity contribution in [2.75, 3.05) is 7.05 Å². The Labute approximate surface area is 185 Å². The molecule has 2 amide bonds. The van der Waals surface area contributed by atoms with Gasteiger partial charge in [-0.15, -0.1) is 11.3 Å². The molecule has 0 saturated heterocycles. The maximum Gasteiger partial charge on any atom is 0.259 e. The molecule has 1 aromatic carbocycles. The third kappa shape index (κ3) is 5.19. The Morgan fingerprint density at radius 1 is 1.16 bits per heavy atom. The van der Waals surface area contributed by atoms with E-state index >= 15 is 0 Å². The van der Waals surface area contributed by atoms with Gasteiger partial charge in [0.2, 0.25) is 5.43 Å². The highest BCUT2D eigenvalue weighted by Gasteiger charge is 2.25. The van der Waals surface area contributed by atoms with E-state index in [-0.39, 0.29) is 23.7 Å². The Morgan fingerprint density at radius 2 is 1.81 bits per heavy atom. The summed E-state index contributed by atoms with van der Waals surface area (Å²) in [6.45, 7) is 9.65. The van der Waals surface area contributed by atoms with Gasteiger partial charge in [0.25, 0.3) is 11.8 Å². The maximum absolute atomic E-state index is 13.2. The van der Waals surface area contributed by atoms with Crippen LogP contribution in [0.3, 0.4) is 0 Å². The van der Waals surface area contributed by atoms with E-state index in [0.29, 0.717) is 0 Å². The van der Waals surface area contributed by atoms with Crippen LogP contribution in [-0.2, 0) is 6.54 Å². The zero-order chi connectivity index (χ0) is 22.9. The van der Waals surface area contributed by atoms with Crippen molar-refractivity contribution in [2.24, 2.45) is 0 Å². The first-order chi connectivity index (χ1) is 14.5. The molecule has 0 fully saturated rings. The van der Waals surface area contributed by atoms with Crippen molar-refractivity contribution in [3.05, 3.63) is 63.0 Å². The highest BCUT2D eigenvalue weighted by molar-refractivity contribution is 7.18. The summed E-state index contributed by atoms with van der Waals surface area (Å²) in [4.78, 5) is 45.0. The normalized spacial score (nSPS) is 11.7. The van der Waals surface area contributed by atoms with Crippen molar-refractivity contribution >= 4 is 33.4 Å². The molecule has 2 heterocycles. The monoisotopic (exact) mass is 440 g/mol. The van der Waals surface area contributed by atoms with E-state index in [1.54, 1.807) is 11.6 Å². The second kappa shape index (κ2) is 8.63. The summed E-state index contributed by atoms with van der Waals surface area (Å²) in [7, 11) is 1.63. The molecule has 0 atom stereocenters. The Hall–Kier alpha value is -3.00. The second-order valence-corrected chi connectivity index (χ2v) is 10.0. The molecule has 0 unspecified atom stereocenters. The van der Waals surface area contributed by atoms with Crippen molar-refractivity contribution in [3.8, 4) is 0 Å². The highest BCUT2D eigenvalue weighted by Crippen LogP contribution is 2.22. The number of aromatic nitrogens is 2. The van der Waals surface area contributed by atoms with Gasteiger partial charge in [-0.05, 0) is 46.8 Å². The Kier molecular flexibility index (Phi) is 6.31. The summed E-state index contributed by atoms with van der Waals surface area (Å²) in [5.41, 5.74) is -0.261. The molecule has 0 aliphatic carbocycles. The van der Waals surface area contributed by atoms with Gasteiger partial charge >= 0.3 is 0 Å². The SMILES string of the molecule is CC(C)n1cc(C(=O)NC(C)(C)C)c(=O)c(C(=O)N(C)Cc2nc3ccccc3s2)c1. The number of carbonyl (C=O) groups is 2. The maximum atomic E-state index is 13.2. The number of hydrogen-bond donors (Lipinski definition) is 1. The third-order valence-corrected chi connectivity index (χ3v) is 5.68. The van der Waals surface area contributed by atoms with Crippen LogP contribution in [-0.4, -0.2) is 38.9 Å². The molecule has 1 N–H and O–H groups in total. The predicted octanol–water partition coefficient (Wildman–Crippen LogP) is 3.84. The largest absolute Gasteiger partial charge is 0.350 e. The molecule has 0 saturated carbocycles. The van der Waals surface area contributed by atoms with Crippen molar-refractivity contribution in [1.82, 2.24) is 19.8 Å². The molecule has 0 aliphatic heterocycles. The zero-order valence-electron chi connectivity index (χ0n) is 18.7. The lowest BCUT2D eigenvalue weighted by molar-refractivity contribution is 0.0782. The standard InChI is InChI=1S/C23H28N4O3S/c1-14(2)27-11-15(21(29)25-23(3,4)5)20(28)16(12-27)22(30)26(6)13-19-24-17-9-7-8-10-18(17)31-19/h7-12,14H,13H2,1-6H3,(H,25,29). The Bertz CT molecular complexity index is 1150. The van der Waals surface area contributed by atoms with E-state index in [2.05, 4.69) is 10.3 Å². The fourth-order valence-electron chi connectivity index (χ4n) is 3.09. The number of rotatable bonds is 5. The number of benzene rings is 1. The molecular weight excluding hydrogens is 412 g/mol. The molecule has 8 heteroatoms. The Morgan fingerprint density at radius 3 is 2.42 bits per heavy atom. The molecule has 3 aromatic rings. The van der Waals surface area contributed by atoms with Crippen LogP contribution in [0, 0.1) is 0 Å². The van der Waals surface area contributed by atoms with E-state index in [1.165, 1.54) is 28.6 Å². The first-order valence-corrected chi connectivity index (χ1v) is 11.0. The van der Waals surface area contributed by atoms with Crippen molar-refractivity contribution < 1.29 is 9.59 Å². The fraction of sp³-hybridized carbons (Fsp3) is 0.391. The minimum absolute atomic E-state index is 0.0251. The van der Waals surface area contributed by atoms with E-state index in [9.17, 15) is 14.4 Å². The quantitative estimate of drug-likeness (QED) is 0.653. The smallest absolute Gasteiger partial charge is 0.259 e. The first kappa shape index (κ1) is 22.7. The van der Waals surface area contributed by atoms with Gasteiger partial charge in [-0.2, -0.15) is 0 Å². The minimum atomic E-state index is -0.570. The topological polar surface area (TPSA) is 84.3 Å². The van der Waals surface area contributed by atoms with Crippen LogP contribution < -0.4 is 10.7 Å². The van der Waals surface area contributed by atoms with Gasteiger partial charge in [0.05, 0.1) is 16.8 Å². The average molecular weight is 441 g/mol. The van der Waals surface area contributed by atoms with Gasteiger partial charge in [0.1, 0.15) is 16.1 Å². The second-order valence-electron chi connectivity index (χ2n) is 8.90. The van der Waals surface area contributed by atoms with Gasteiger partial charge in [-0.25, -0.2) is 4.98 Å². The van der Waals surface area contributed by atoms with Crippen LogP contribution in [0.15, 0.2) is 41.5 Å². The van der Waals surface area contributed by atoms with Crippen LogP contribution in [0.5, 0.6) is 0 Å². The van der Waals surface area contributed by atoms with Crippen LogP contribution in [0.2, 0.25) is 0 Å². The lowest BCUT2D eigenvalue weighted by Gasteiger charge is -2.22. The zero-order valence-corrected chi connectivity index (χ0v) is 19.5. The van der Waals surface area contributed by atoms with Crippen LogP contribution in [0.1, 0.15) is 66.4 Å². The molecule has 0 aliphatic rings. The molecule has 0 radical (unpaired) electrons. The molecule has 3 rings (SSSR count). The predicted molar refractivity (Wildman–Crippen MR) is 124 cm³/mol. The average Bonchev–Trinajstić information content (AvgIpc) is 3.08. The van der Waals surface area contributed by atoms with E-state index in [4.69, 9.17) is 0 Å². The van der Waals surface area contributed by atoms with Gasteiger partial charge < -0.3 is 14.8 Å². The number of carbonyl (C=O) groups excluding carboxylic acids is 2. The summed E-state index contributed by atoms with van der Waals surface area (Å²) in [5, 5.41) is 3.59. The van der Waals surface area contributed by atoms with Crippen molar-refractivity contribution in [2.45, 2.75) is 52.7 Å². The van der Waals surface area contributed by atoms with Gasteiger partial charge in [-0.1, -0.05) is 12.1 Å². The summed E-state index contributed by atoms with van der Waals surface area (Å²) < 4.78 is 2.76. The number of nitrogens with one attached hydrogen (secondary N) is 1. The summed E-state index contributed by atoms with van der Waals surface area (Å²) in [6, 6.07) is 7.75. The van der Waals surface area contributed by atoms with Crippen LogP contribution >= 0.6 is 11.3 Å². The number of thiazole rings is 1. The van der Waals surface area contributed by atoms with Gasteiger partial charge in [-0.3, -0.25) is 14.4 Å². The summed E-state index contributed by atoms with van der Waals surface area (Å²) >= 11 is 1.51. The van der Waals surface area contributed by atoms with Crippen LogP contribution in [0.25, 0.3) is 10.2 Å². The number of fused-ring (bicyclic) bond motifs is 1. The van der Waals surface area contributed by atoms with Crippen molar-refractivity contribution in [3.63, 3.8) is 0 Å². The van der Waals surface area contributed by atoms with E-state index in [1.807, 2.05) is 58.9 Å². The van der Waals surface area contributed by atoms with Crippen LogP contribution in [0.4, 0.5) is 0 Å². The third-order valence-electron chi connectivity index (χ3n) is 4.66. The minimum Gasteiger partial charge on any atom is -0.350 e. The number of nitrogens with zero attached hydrogens (tertiary/aromatic N) is 3. The van der Waals surface area contributed by atoms with Gasteiger partial charge in [0, 0.05) is 31.0 Å². The summed E-state index contributed by atoms with van der Waals surface area (Å²) in [5.74, 6) is -0.931. The fourth-order valence-corrected chi connectivity index (χ4v) is 4.11. The molecule has 0 bridgehead atoms. The first-order valence-electron chi connectivity index (χ1n) is 10.1. The Balaban J connectivity index is 1.94. The molecule has 7 nitrogen and oxygen atoms in total. The number of hydrogen-bond acceptors (Lipinski definition) is 5. The van der Waals surface area contributed by atoms with E-state index < -0.39 is 22.8 Å².